The van der Waals surface area contributed by atoms with Crippen LogP contribution in [0.5, 0.6) is 0 Å². The molecule has 3 nitrogen and oxygen atoms in total. The molecule has 1 heterocycles. The van der Waals surface area contributed by atoms with Crippen molar-refractivity contribution in [2.45, 2.75) is 25.4 Å². The summed E-state index contributed by atoms with van der Waals surface area (Å²) in [7, 11) is 0. The fourth-order valence-electron chi connectivity index (χ4n) is 1.05. The van der Waals surface area contributed by atoms with Gasteiger partial charge in [0.15, 0.2) is 0 Å². The summed E-state index contributed by atoms with van der Waals surface area (Å²) in [6.45, 7) is 2.01. The molecular weight excluding hydrogens is 251 g/mol. The Kier molecular flexibility index (Phi) is 4.27. The molecule has 0 amide bonds. The van der Waals surface area contributed by atoms with Crippen LogP contribution in [0.25, 0.3) is 0 Å². The first-order valence-corrected chi connectivity index (χ1v) is 5.58. The molecule has 0 unspecified atom stereocenters. The molecule has 1 aromatic rings. The lowest BCUT2D eigenvalue weighted by molar-refractivity contribution is -0.0328. The van der Waals surface area contributed by atoms with Crippen LogP contribution in [0.3, 0.4) is 0 Å². The number of aromatic nitrogens is 3. The van der Waals surface area contributed by atoms with E-state index in [2.05, 4.69) is 10.2 Å². The van der Waals surface area contributed by atoms with Gasteiger partial charge in [-0.05, 0) is 23.4 Å². The van der Waals surface area contributed by atoms with Crippen molar-refractivity contribution in [3.63, 3.8) is 0 Å². The molecule has 1 rings (SSSR count). The number of thioether (sulfide) groups is 1. The minimum Gasteiger partial charge on any atom is -0.301 e. The van der Waals surface area contributed by atoms with Crippen molar-refractivity contribution in [1.82, 2.24) is 14.8 Å². The predicted octanol–water partition coefficient (Wildman–Crippen LogP) is 2.75. The quantitative estimate of drug-likeness (QED) is 0.833. The summed E-state index contributed by atoms with van der Waals surface area (Å²) in [6, 6.07) is 0. The topological polar surface area (TPSA) is 30.7 Å². The smallest absolute Gasteiger partial charge is 0.301 e. The van der Waals surface area contributed by atoms with Crippen molar-refractivity contribution in [3.8, 4) is 0 Å². The van der Waals surface area contributed by atoms with E-state index in [0.717, 1.165) is 0 Å². The van der Waals surface area contributed by atoms with Crippen molar-refractivity contribution in [2.24, 2.45) is 0 Å². The van der Waals surface area contributed by atoms with Gasteiger partial charge in [0.1, 0.15) is 5.82 Å². The van der Waals surface area contributed by atoms with Crippen LogP contribution in [0.1, 0.15) is 12.7 Å². The molecule has 0 N–H and O–H groups in total. The maximum absolute atomic E-state index is 11.9. The van der Waals surface area contributed by atoms with Gasteiger partial charge in [0.25, 0.3) is 0 Å². The summed E-state index contributed by atoms with van der Waals surface area (Å²) in [6.07, 6.45) is 0.594. The molecule has 15 heavy (non-hydrogen) atoms. The maximum atomic E-state index is 11.9. The SMILES string of the molecule is CCc1nnc(Cl)n1CCSC(F)(F)F. The fourth-order valence-corrected chi connectivity index (χ4v) is 1.77. The Morgan fingerprint density at radius 1 is 1.40 bits per heavy atom. The van der Waals surface area contributed by atoms with Crippen LogP contribution < -0.4 is 0 Å². The van der Waals surface area contributed by atoms with E-state index >= 15 is 0 Å². The van der Waals surface area contributed by atoms with Gasteiger partial charge < -0.3 is 4.57 Å². The Morgan fingerprint density at radius 3 is 2.60 bits per heavy atom. The second-order valence-corrected chi connectivity index (χ2v) is 4.18. The van der Waals surface area contributed by atoms with Crippen molar-refractivity contribution in [2.75, 3.05) is 5.75 Å². The standard InChI is InChI=1S/C7H9ClF3N3S/c1-2-5-12-13-6(8)14(5)3-4-15-7(9,10)11/h2-4H2,1H3. The zero-order valence-electron chi connectivity index (χ0n) is 7.88. The molecule has 8 heteroatoms. The number of rotatable bonds is 4. The van der Waals surface area contributed by atoms with Gasteiger partial charge in [-0.15, -0.1) is 10.2 Å². The molecule has 1 aromatic heterocycles. The summed E-state index contributed by atoms with van der Waals surface area (Å²) in [4.78, 5) is 0. The molecular formula is C7H9ClF3N3S. The third-order valence-corrected chi connectivity index (χ3v) is 2.67. The van der Waals surface area contributed by atoms with Gasteiger partial charge in [-0.3, -0.25) is 0 Å². The lowest BCUT2D eigenvalue weighted by Crippen LogP contribution is -2.09. The molecule has 0 aliphatic carbocycles. The van der Waals surface area contributed by atoms with E-state index in [9.17, 15) is 13.2 Å². The molecule has 0 saturated heterocycles. The largest absolute Gasteiger partial charge is 0.441 e. The van der Waals surface area contributed by atoms with Gasteiger partial charge in [-0.25, -0.2) is 0 Å². The maximum Gasteiger partial charge on any atom is 0.441 e. The zero-order valence-corrected chi connectivity index (χ0v) is 9.46. The van der Waals surface area contributed by atoms with E-state index < -0.39 is 5.51 Å². The highest BCUT2D eigenvalue weighted by Gasteiger charge is 2.27. The van der Waals surface area contributed by atoms with E-state index in [1.54, 1.807) is 0 Å². The van der Waals surface area contributed by atoms with Crippen molar-refractivity contribution in [1.29, 1.82) is 0 Å². The zero-order chi connectivity index (χ0) is 11.5. The minimum absolute atomic E-state index is 0.0753. The second-order valence-electron chi connectivity index (χ2n) is 2.68. The number of alkyl halides is 3. The monoisotopic (exact) mass is 259 g/mol. The molecule has 0 saturated carbocycles. The number of hydrogen-bond acceptors (Lipinski definition) is 3. The van der Waals surface area contributed by atoms with Crippen LogP contribution in [0, 0.1) is 0 Å². The second kappa shape index (κ2) is 5.07. The van der Waals surface area contributed by atoms with Gasteiger partial charge in [-0.2, -0.15) is 13.2 Å². The Hall–Kier alpha value is -0.430. The van der Waals surface area contributed by atoms with Gasteiger partial charge in [0.2, 0.25) is 5.28 Å². The summed E-state index contributed by atoms with van der Waals surface area (Å²) in [5.74, 6) is 0.511. The first-order valence-electron chi connectivity index (χ1n) is 4.22. The molecule has 86 valence electrons. The van der Waals surface area contributed by atoms with Crippen LogP contribution in [0.4, 0.5) is 13.2 Å². The summed E-state index contributed by atoms with van der Waals surface area (Å²) >= 11 is 5.60. The Bertz CT molecular complexity index is 326. The Labute approximate surface area is 94.0 Å². The summed E-state index contributed by atoms with van der Waals surface area (Å²) in [5.41, 5.74) is -4.20. The highest BCUT2D eigenvalue weighted by molar-refractivity contribution is 8.00. The normalized spacial score (nSPS) is 12.1. The molecule has 0 fully saturated rings. The molecule has 0 atom stereocenters. The summed E-state index contributed by atoms with van der Waals surface area (Å²) in [5, 5.41) is 7.46. The van der Waals surface area contributed by atoms with Gasteiger partial charge in [0.05, 0.1) is 0 Å². The molecule has 0 aromatic carbocycles. The van der Waals surface area contributed by atoms with Crippen LogP contribution in [0.15, 0.2) is 0 Å². The molecule has 0 aliphatic heterocycles. The van der Waals surface area contributed by atoms with Gasteiger partial charge in [-0.1, -0.05) is 6.92 Å². The first kappa shape index (κ1) is 12.6. The fraction of sp³-hybridized carbons (Fsp3) is 0.714. The Morgan fingerprint density at radius 2 is 2.07 bits per heavy atom. The first-order chi connectivity index (χ1) is 6.94. The molecule has 0 bridgehead atoms. The van der Waals surface area contributed by atoms with Gasteiger partial charge in [0, 0.05) is 18.7 Å². The van der Waals surface area contributed by atoms with Crippen LogP contribution in [0.2, 0.25) is 5.28 Å². The van der Waals surface area contributed by atoms with E-state index in [4.69, 9.17) is 11.6 Å². The van der Waals surface area contributed by atoms with E-state index in [1.807, 2.05) is 6.92 Å². The van der Waals surface area contributed by atoms with Gasteiger partial charge >= 0.3 is 5.51 Å². The van der Waals surface area contributed by atoms with Crippen LogP contribution >= 0.6 is 23.4 Å². The number of hydrogen-bond donors (Lipinski definition) is 0. The van der Waals surface area contributed by atoms with Crippen molar-refractivity contribution in [3.05, 3.63) is 11.1 Å². The van der Waals surface area contributed by atoms with Crippen molar-refractivity contribution < 1.29 is 13.2 Å². The summed E-state index contributed by atoms with van der Waals surface area (Å²) < 4.78 is 37.1. The van der Waals surface area contributed by atoms with E-state index in [-0.39, 0.29) is 29.3 Å². The Balaban J connectivity index is 2.53. The van der Waals surface area contributed by atoms with E-state index in [0.29, 0.717) is 12.2 Å². The van der Waals surface area contributed by atoms with Crippen LogP contribution in [-0.2, 0) is 13.0 Å². The average molecular weight is 260 g/mol. The third kappa shape index (κ3) is 3.90. The average Bonchev–Trinajstić information content (AvgIpc) is 2.46. The lowest BCUT2D eigenvalue weighted by Gasteiger charge is -2.07. The number of aryl methyl sites for hydroxylation is 1. The van der Waals surface area contributed by atoms with E-state index in [1.165, 1.54) is 4.57 Å². The highest BCUT2D eigenvalue weighted by Crippen LogP contribution is 2.30. The molecule has 0 spiro atoms. The lowest BCUT2D eigenvalue weighted by atomic mass is 10.4. The molecule has 0 aliphatic rings. The van der Waals surface area contributed by atoms with Crippen molar-refractivity contribution >= 4 is 23.4 Å². The third-order valence-electron chi connectivity index (χ3n) is 1.68. The molecule has 0 radical (unpaired) electrons. The number of halogens is 4. The highest BCUT2D eigenvalue weighted by atomic mass is 35.5. The predicted molar refractivity (Wildman–Crippen MR) is 52.9 cm³/mol. The minimum atomic E-state index is -4.20. The van der Waals surface area contributed by atoms with Crippen LogP contribution in [-0.4, -0.2) is 26.0 Å². The number of nitrogens with zero attached hydrogens (tertiary/aromatic N) is 3.